The third-order valence-corrected chi connectivity index (χ3v) is 3.16. The molecule has 2 aromatic carbocycles. The molecule has 1 N–H and O–H groups in total. The van der Waals surface area contributed by atoms with E-state index in [1.54, 1.807) is 0 Å². The second-order valence-electron chi connectivity index (χ2n) is 5.53. The zero-order valence-electron chi connectivity index (χ0n) is 12.7. The predicted octanol–water partition coefficient (Wildman–Crippen LogP) is 5.22. The van der Waals surface area contributed by atoms with Gasteiger partial charge >= 0.3 is 0 Å². The molecule has 0 aromatic heterocycles. The van der Waals surface area contributed by atoms with Gasteiger partial charge in [-0.1, -0.05) is 74.5 Å². The van der Waals surface area contributed by atoms with Crippen LogP contribution in [0.5, 0.6) is 0 Å². The van der Waals surface area contributed by atoms with Crippen molar-refractivity contribution in [3.8, 4) is 0 Å². The average Bonchev–Trinajstić information content (AvgIpc) is 2.49. The first-order valence-electron chi connectivity index (χ1n) is 6.90. The molecule has 0 heterocycles. The molecule has 0 amide bonds. The molecule has 0 spiro atoms. The average molecular weight is 272 g/mol. The van der Waals surface area contributed by atoms with Gasteiger partial charge in [-0.15, -0.1) is 0 Å². The first-order valence-corrected chi connectivity index (χ1v) is 6.90. The largest absolute Gasteiger partial charge is 0.251 e. The summed E-state index contributed by atoms with van der Waals surface area (Å²) in [7, 11) is 0. The Labute approximate surface area is 122 Å². The van der Waals surface area contributed by atoms with Crippen molar-refractivity contribution in [2.24, 2.45) is 0 Å². The summed E-state index contributed by atoms with van der Waals surface area (Å²) in [5, 5.41) is 8.55. The molecule has 0 radical (unpaired) electrons. The lowest BCUT2D eigenvalue weighted by molar-refractivity contribution is -0.318. The lowest BCUT2D eigenvalue weighted by atomic mass is 9.99. The van der Waals surface area contributed by atoms with Gasteiger partial charge in [-0.25, -0.2) is 4.89 Å². The maximum absolute atomic E-state index is 8.55. The van der Waals surface area contributed by atoms with Gasteiger partial charge in [0.15, 0.2) is 0 Å². The highest BCUT2D eigenvalue weighted by molar-refractivity contribution is 5.20. The highest BCUT2D eigenvalue weighted by Crippen LogP contribution is 2.22. The van der Waals surface area contributed by atoms with Crippen LogP contribution in [0.4, 0.5) is 0 Å². The lowest BCUT2D eigenvalue weighted by Gasteiger charge is -2.20. The van der Waals surface area contributed by atoms with Crippen molar-refractivity contribution in [2.75, 3.05) is 0 Å². The van der Waals surface area contributed by atoms with E-state index in [0.717, 1.165) is 5.56 Å². The summed E-state index contributed by atoms with van der Waals surface area (Å²) in [6.45, 7) is 8.02. The summed E-state index contributed by atoms with van der Waals surface area (Å²) in [4.78, 5) is 4.32. The lowest BCUT2D eigenvalue weighted by Crippen LogP contribution is -2.19. The Morgan fingerprint density at radius 2 is 1.30 bits per heavy atom. The van der Waals surface area contributed by atoms with Gasteiger partial charge in [0.2, 0.25) is 0 Å². The van der Waals surface area contributed by atoms with Crippen LogP contribution >= 0.6 is 0 Å². The maximum Gasteiger partial charge on any atom is 0.123 e. The Kier molecular flexibility index (Phi) is 6.43. The van der Waals surface area contributed by atoms with Crippen molar-refractivity contribution < 1.29 is 10.1 Å². The molecule has 20 heavy (non-hydrogen) atoms. The van der Waals surface area contributed by atoms with E-state index in [1.165, 1.54) is 5.56 Å². The Balaban J connectivity index is 0.000000204. The minimum Gasteiger partial charge on any atom is -0.251 e. The van der Waals surface area contributed by atoms with Crippen molar-refractivity contribution in [1.82, 2.24) is 0 Å². The predicted molar refractivity (Wildman–Crippen MR) is 83.7 cm³/mol. The van der Waals surface area contributed by atoms with Gasteiger partial charge in [0.1, 0.15) is 5.60 Å². The number of benzene rings is 2. The fourth-order valence-corrected chi connectivity index (χ4v) is 1.73. The SMILES string of the molecule is CC(C)(OO)c1ccccc1.CC(C)c1ccccc1. The third kappa shape index (κ3) is 5.16. The van der Waals surface area contributed by atoms with Crippen LogP contribution in [0.15, 0.2) is 60.7 Å². The van der Waals surface area contributed by atoms with Crippen molar-refractivity contribution in [1.29, 1.82) is 0 Å². The topological polar surface area (TPSA) is 29.5 Å². The first-order chi connectivity index (χ1) is 9.47. The van der Waals surface area contributed by atoms with Crippen molar-refractivity contribution >= 4 is 0 Å². The molecule has 0 aliphatic rings. The number of hydrogen-bond acceptors (Lipinski definition) is 2. The van der Waals surface area contributed by atoms with Crippen LogP contribution in [-0.4, -0.2) is 5.26 Å². The van der Waals surface area contributed by atoms with Crippen molar-refractivity contribution in [2.45, 2.75) is 39.2 Å². The molecule has 2 heteroatoms. The third-order valence-electron chi connectivity index (χ3n) is 3.16. The Morgan fingerprint density at radius 3 is 1.65 bits per heavy atom. The van der Waals surface area contributed by atoms with Gasteiger partial charge in [-0.05, 0) is 30.9 Å². The van der Waals surface area contributed by atoms with E-state index in [9.17, 15) is 0 Å². The standard InChI is InChI=1S/C9H12O2.C9H12/c1-9(2,11-10)8-6-4-3-5-7-8;1-8(2)9-6-4-3-5-7-9/h3-7,10H,1-2H3;3-8H,1-2H3. The van der Waals surface area contributed by atoms with E-state index in [-0.39, 0.29) is 0 Å². The summed E-state index contributed by atoms with van der Waals surface area (Å²) >= 11 is 0. The van der Waals surface area contributed by atoms with Gasteiger partial charge in [-0.3, -0.25) is 5.26 Å². The Bertz CT molecular complexity index is 475. The zero-order chi connectivity index (χ0) is 15.0. The smallest absolute Gasteiger partial charge is 0.123 e. The van der Waals surface area contributed by atoms with Crippen LogP contribution in [0, 0.1) is 0 Å². The normalized spacial score (nSPS) is 10.9. The summed E-state index contributed by atoms with van der Waals surface area (Å²) in [6, 6.07) is 20.1. The van der Waals surface area contributed by atoms with Gasteiger partial charge in [0.25, 0.3) is 0 Å². The molecule has 2 rings (SSSR count). The summed E-state index contributed by atoms with van der Waals surface area (Å²) in [6.07, 6.45) is 0. The summed E-state index contributed by atoms with van der Waals surface area (Å²) in [5.41, 5.74) is 1.77. The van der Waals surface area contributed by atoms with Crippen LogP contribution in [-0.2, 0) is 10.5 Å². The molecule has 0 aliphatic carbocycles. The second kappa shape index (κ2) is 7.83. The fourth-order valence-electron chi connectivity index (χ4n) is 1.73. The highest BCUT2D eigenvalue weighted by Gasteiger charge is 2.20. The number of hydrogen-bond donors (Lipinski definition) is 1. The molecule has 0 unspecified atom stereocenters. The summed E-state index contributed by atoms with van der Waals surface area (Å²) in [5.74, 6) is 0.659. The molecule has 0 fully saturated rings. The molecule has 2 nitrogen and oxygen atoms in total. The summed E-state index contributed by atoms with van der Waals surface area (Å²) < 4.78 is 0. The Morgan fingerprint density at radius 1 is 0.850 bits per heavy atom. The molecular formula is C18H24O2. The molecule has 0 atom stereocenters. The first kappa shape index (κ1) is 16.4. The van der Waals surface area contributed by atoms with Gasteiger partial charge < -0.3 is 0 Å². The van der Waals surface area contributed by atoms with Crippen molar-refractivity contribution in [3.63, 3.8) is 0 Å². The van der Waals surface area contributed by atoms with Gasteiger partial charge in [-0.2, -0.15) is 0 Å². The molecule has 0 bridgehead atoms. The number of rotatable bonds is 3. The van der Waals surface area contributed by atoms with E-state index in [4.69, 9.17) is 5.26 Å². The second-order valence-corrected chi connectivity index (χ2v) is 5.53. The minimum absolute atomic E-state index is 0.610. The quantitative estimate of drug-likeness (QED) is 0.613. The molecule has 0 saturated heterocycles. The van der Waals surface area contributed by atoms with Crippen LogP contribution in [0.25, 0.3) is 0 Å². The fraction of sp³-hybridized carbons (Fsp3) is 0.333. The van der Waals surface area contributed by atoms with Crippen molar-refractivity contribution in [3.05, 3.63) is 71.8 Å². The van der Waals surface area contributed by atoms with Crippen LogP contribution in [0.3, 0.4) is 0 Å². The molecular weight excluding hydrogens is 248 g/mol. The molecule has 2 aromatic rings. The highest BCUT2D eigenvalue weighted by atomic mass is 17.1. The maximum atomic E-state index is 8.55. The van der Waals surface area contributed by atoms with Crippen LogP contribution < -0.4 is 0 Å². The van der Waals surface area contributed by atoms with Gasteiger partial charge in [0.05, 0.1) is 0 Å². The van der Waals surface area contributed by atoms with E-state index in [1.807, 2.05) is 50.2 Å². The van der Waals surface area contributed by atoms with E-state index >= 15 is 0 Å². The van der Waals surface area contributed by atoms with Crippen LogP contribution in [0.2, 0.25) is 0 Å². The van der Waals surface area contributed by atoms with E-state index < -0.39 is 5.60 Å². The van der Waals surface area contributed by atoms with Crippen LogP contribution in [0.1, 0.15) is 44.7 Å². The van der Waals surface area contributed by atoms with E-state index in [2.05, 4.69) is 43.0 Å². The molecule has 108 valence electrons. The molecule has 0 aliphatic heterocycles. The Hall–Kier alpha value is -1.64. The molecule has 0 saturated carbocycles. The monoisotopic (exact) mass is 272 g/mol. The zero-order valence-corrected chi connectivity index (χ0v) is 12.7. The van der Waals surface area contributed by atoms with E-state index in [0.29, 0.717) is 5.92 Å². The van der Waals surface area contributed by atoms with Gasteiger partial charge in [0, 0.05) is 0 Å². The minimum atomic E-state index is -0.610.